The standard InChI is InChI=1S/C20H35N5O2S.HI/c1-5-21-18(23-13-17-22-12-16(27-17)19(2,3)4)24-14-20(6-11-28-15-20)25-7-9-26-10-8-25;/h12H,5-11,13-15H2,1-4H3,(H2,21,23,24);1H. The highest BCUT2D eigenvalue weighted by atomic mass is 127. The van der Waals surface area contributed by atoms with E-state index in [0.29, 0.717) is 12.4 Å². The fourth-order valence-corrected chi connectivity index (χ4v) is 5.08. The quantitative estimate of drug-likeness (QED) is 0.329. The van der Waals surface area contributed by atoms with Crippen LogP contribution in [-0.4, -0.2) is 72.3 Å². The van der Waals surface area contributed by atoms with Gasteiger partial charge < -0.3 is 19.8 Å². The molecule has 1 aromatic heterocycles. The Morgan fingerprint density at radius 2 is 2.07 bits per heavy atom. The summed E-state index contributed by atoms with van der Waals surface area (Å²) < 4.78 is 11.4. The van der Waals surface area contributed by atoms with Crippen molar-refractivity contribution in [2.24, 2.45) is 4.99 Å². The molecule has 1 aromatic rings. The molecule has 0 amide bonds. The molecule has 2 fully saturated rings. The molecular weight excluding hydrogens is 501 g/mol. The van der Waals surface area contributed by atoms with E-state index in [4.69, 9.17) is 14.1 Å². The topological polar surface area (TPSA) is 74.9 Å². The predicted molar refractivity (Wildman–Crippen MR) is 131 cm³/mol. The number of aromatic nitrogens is 1. The van der Waals surface area contributed by atoms with Gasteiger partial charge in [0.15, 0.2) is 5.96 Å². The summed E-state index contributed by atoms with van der Waals surface area (Å²) in [5.74, 6) is 4.75. The van der Waals surface area contributed by atoms with Crippen molar-refractivity contribution in [3.8, 4) is 0 Å². The number of nitrogens with one attached hydrogen (secondary N) is 2. The number of hydrogen-bond donors (Lipinski definition) is 2. The Hall–Kier alpha value is -0.520. The first-order valence-electron chi connectivity index (χ1n) is 10.3. The van der Waals surface area contributed by atoms with Crippen LogP contribution >= 0.6 is 35.7 Å². The Balaban J connectivity index is 0.00000300. The van der Waals surface area contributed by atoms with Crippen molar-refractivity contribution in [3.05, 3.63) is 17.8 Å². The van der Waals surface area contributed by atoms with E-state index < -0.39 is 0 Å². The van der Waals surface area contributed by atoms with Crippen LogP contribution in [0.2, 0.25) is 0 Å². The maximum absolute atomic E-state index is 5.87. The van der Waals surface area contributed by atoms with Gasteiger partial charge >= 0.3 is 0 Å². The van der Waals surface area contributed by atoms with Crippen LogP contribution < -0.4 is 10.6 Å². The van der Waals surface area contributed by atoms with Gasteiger partial charge in [-0.3, -0.25) is 4.90 Å². The zero-order chi connectivity index (χ0) is 20.0. The third-order valence-corrected chi connectivity index (χ3v) is 6.59. The summed E-state index contributed by atoms with van der Waals surface area (Å²) in [6, 6.07) is 0. The molecule has 2 aliphatic heterocycles. The summed E-state index contributed by atoms with van der Waals surface area (Å²) in [5.41, 5.74) is 0.148. The van der Waals surface area contributed by atoms with Gasteiger partial charge in [0, 0.05) is 42.9 Å². The van der Waals surface area contributed by atoms with Gasteiger partial charge in [-0.2, -0.15) is 11.8 Å². The molecule has 9 heteroatoms. The number of nitrogens with zero attached hydrogens (tertiary/aromatic N) is 3. The van der Waals surface area contributed by atoms with Crippen molar-refractivity contribution in [1.82, 2.24) is 20.5 Å². The summed E-state index contributed by atoms with van der Waals surface area (Å²) in [5, 5.41) is 6.94. The van der Waals surface area contributed by atoms with Gasteiger partial charge in [-0.05, 0) is 19.1 Å². The molecule has 29 heavy (non-hydrogen) atoms. The minimum atomic E-state index is -0.0393. The second kappa shape index (κ2) is 11.2. The van der Waals surface area contributed by atoms with E-state index in [0.717, 1.165) is 56.9 Å². The minimum absolute atomic E-state index is 0. The van der Waals surface area contributed by atoms with Crippen LogP contribution in [0.3, 0.4) is 0 Å². The smallest absolute Gasteiger partial charge is 0.216 e. The molecule has 0 saturated carbocycles. The van der Waals surface area contributed by atoms with Crippen molar-refractivity contribution in [2.45, 2.75) is 51.6 Å². The summed E-state index contributed by atoms with van der Waals surface area (Å²) in [6.07, 6.45) is 3.02. The first kappa shape index (κ1) is 24.7. The van der Waals surface area contributed by atoms with Gasteiger partial charge in [-0.25, -0.2) is 9.98 Å². The van der Waals surface area contributed by atoms with Crippen molar-refractivity contribution in [2.75, 3.05) is 50.9 Å². The second-order valence-electron chi connectivity index (χ2n) is 8.54. The molecule has 3 heterocycles. The SMILES string of the molecule is CCNC(=NCc1ncc(C(C)(C)C)o1)NCC1(N2CCOCC2)CCSC1.I. The van der Waals surface area contributed by atoms with Gasteiger partial charge in [-0.1, -0.05) is 20.8 Å². The van der Waals surface area contributed by atoms with Crippen molar-refractivity contribution in [1.29, 1.82) is 0 Å². The Morgan fingerprint density at radius 1 is 1.31 bits per heavy atom. The van der Waals surface area contributed by atoms with Gasteiger partial charge in [0.25, 0.3) is 0 Å². The van der Waals surface area contributed by atoms with Crippen molar-refractivity contribution >= 4 is 41.7 Å². The molecule has 166 valence electrons. The largest absolute Gasteiger partial charge is 0.443 e. The summed E-state index contributed by atoms with van der Waals surface area (Å²) in [6.45, 7) is 14.3. The molecular formula is C20H36IN5O2S. The predicted octanol–water partition coefficient (Wildman–Crippen LogP) is 2.85. The van der Waals surface area contributed by atoms with E-state index in [1.807, 2.05) is 18.0 Å². The molecule has 2 saturated heterocycles. The van der Waals surface area contributed by atoms with Gasteiger partial charge in [0.1, 0.15) is 12.3 Å². The molecule has 2 N–H and O–H groups in total. The van der Waals surface area contributed by atoms with E-state index in [2.05, 4.69) is 48.2 Å². The lowest BCUT2D eigenvalue weighted by molar-refractivity contribution is -0.0120. The third kappa shape index (κ3) is 6.73. The number of aliphatic imine (C=N–C) groups is 1. The normalized spacial score (nSPS) is 23.7. The van der Waals surface area contributed by atoms with Crippen LogP contribution in [0, 0.1) is 0 Å². The van der Waals surface area contributed by atoms with Gasteiger partial charge in [0.05, 0.1) is 19.4 Å². The van der Waals surface area contributed by atoms with Crippen LogP contribution in [0.5, 0.6) is 0 Å². The maximum atomic E-state index is 5.87. The number of ether oxygens (including phenoxy) is 1. The van der Waals surface area contributed by atoms with Gasteiger partial charge in [-0.15, -0.1) is 24.0 Å². The number of guanidine groups is 1. The highest BCUT2D eigenvalue weighted by Gasteiger charge is 2.40. The molecule has 1 unspecified atom stereocenters. The van der Waals surface area contributed by atoms with E-state index in [1.54, 1.807) is 0 Å². The number of halogens is 1. The van der Waals surface area contributed by atoms with Crippen molar-refractivity contribution in [3.63, 3.8) is 0 Å². The molecule has 1 atom stereocenters. The number of thioether (sulfide) groups is 1. The molecule has 0 radical (unpaired) electrons. The number of oxazole rings is 1. The zero-order valence-electron chi connectivity index (χ0n) is 18.1. The molecule has 7 nitrogen and oxygen atoms in total. The van der Waals surface area contributed by atoms with Gasteiger partial charge in [0.2, 0.25) is 5.89 Å². The monoisotopic (exact) mass is 537 g/mol. The molecule has 3 rings (SSSR count). The average Bonchev–Trinajstić information content (AvgIpc) is 3.35. The maximum Gasteiger partial charge on any atom is 0.216 e. The number of morpholine rings is 1. The Bertz CT molecular complexity index is 650. The molecule has 0 aliphatic carbocycles. The average molecular weight is 538 g/mol. The lowest BCUT2D eigenvalue weighted by Crippen LogP contribution is -2.60. The van der Waals surface area contributed by atoms with E-state index in [9.17, 15) is 0 Å². The first-order valence-corrected chi connectivity index (χ1v) is 11.5. The fourth-order valence-electron chi connectivity index (χ4n) is 3.60. The van der Waals surface area contributed by atoms with Crippen LogP contribution in [0.1, 0.15) is 45.8 Å². The lowest BCUT2D eigenvalue weighted by Gasteiger charge is -2.43. The number of rotatable bonds is 6. The van der Waals surface area contributed by atoms with E-state index in [-0.39, 0.29) is 34.9 Å². The van der Waals surface area contributed by atoms with Crippen LogP contribution in [0.4, 0.5) is 0 Å². The molecule has 0 bridgehead atoms. The minimum Gasteiger partial charge on any atom is -0.443 e. The first-order chi connectivity index (χ1) is 13.4. The van der Waals surface area contributed by atoms with E-state index >= 15 is 0 Å². The Kier molecular flexibility index (Phi) is 9.56. The van der Waals surface area contributed by atoms with Crippen molar-refractivity contribution < 1.29 is 9.15 Å². The molecule has 0 spiro atoms. The zero-order valence-corrected chi connectivity index (χ0v) is 21.3. The van der Waals surface area contributed by atoms with Crippen LogP contribution in [0.15, 0.2) is 15.6 Å². The second-order valence-corrected chi connectivity index (χ2v) is 9.65. The summed E-state index contributed by atoms with van der Waals surface area (Å²) in [4.78, 5) is 11.7. The third-order valence-electron chi connectivity index (χ3n) is 5.36. The summed E-state index contributed by atoms with van der Waals surface area (Å²) >= 11 is 2.05. The van der Waals surface area contributed by atoms with Crippen LogP contribution in [-0.2, 0) is 16.7 Å². The summed E-state index contributed by atoms with van der Waals surface area (Å²) in [7, 11) is 0. The number of hydrogen-bond acceptors (Lipinski definition) is 6. The molecule has 0 aromatic carbocycles. The molecule has 2 aliphatic rings. The Labute approximate surface area is 196 Å². The Morgan fingerprint density at radius 3 is 2.66 bits per heavy atom. The van der Waals surface area contributed by atoms with Crippen LogP contribution in [0.25, 0.3) is 0 Å². The lowest BCUT2D eigenvalue weighted by atomic mass is 9.94. The fraction of sp³-hybridized carbons (Fsp3) is 0.800. The highest BCUT2D eigenvalue weighted by molar-refractivity contribution is 14.0. The highest BCUT2D eigenvalue weighted by Crippen LogP contribution is 2.33. The van der Waals surface area contributed by atoms with E-state index in [1.165, 1.54) is 12.2 Å².